The van der Waals surface area contributed by atoms with Crippen LogP contribution in [0, 0.1) is 0 Å². The number of carbonyl (C=O) groups excluding carboxylic acids is 3. The minimum atomic E-state index is -0.448. The number of piperazine rings is 1. The molecule has 3 amide bonds. The fourth-order valence-corrected chi connectivity index (χ4v) is 6.29. The molecule has 6 nitrogen and oxygen atoms in total. The molecule has 1 saturated heterocycles. The molecule has 3 aliphatic rings. The summed E-state index contributed by atoms with van der Waals surface area (Å²) in [4.78, 5) is 46.3. The molecule has 0 bridgehead atoms. The second-order valence-corrected chi connectivity index (χ2v) is 10.3. The molecule has 1 aliphatic carbocycles. The van der Waals surface area contributed by atoms with Crippen molar-refractivity contribution in [1.29, 1.82) is 0 Å². The van der Waals surface area contributed by atoms with Crippen molar-refractivity contribution >= 4 is 29.1 Å². The third kappa shape index (κ3) is 4.01. The Morgan fingerprint density at radius 2 is 1.27 bits per heavy atom. The molecule has 0 atom stereocenters. The number of amides is 3. The minimum absolute atomic E-state index is 0.0107. The highest BCUT2D eigenvalue weighted by atomic mass is 16.2. The monoisotopic (exact) mass is 493 g/mol. The van der Waals surface area contributed by atoms with E-state index in [0.29, 0.717) is 37.4 Å². The summed E-state index contributed by atoms with van der Waals surface area (Å²) in [7, 11) is 0. The molecule has 2 heterocycles. The SMILES string of the molecule is O=C1Cc2ccccc2N(C(=O)N2CCN(C(=O)C3(c4ccccc4)CCCC3)CC2)c2ccccc21. The highest BCUT2D eigenvalue weighted by Gasteiger charge is 2.45. The molecule has 37 heavy (non-hydrogen) atoms. The van der Waals surface area contributed by atoms with Gasteiger partial charge in [0, 0.05) is 38.2 Å². The summed E-state index contributed by atoms with van der Waals surface area (Å²) in [6.45, 7) is 1.94. The third-order valence-electron chi connectivity index (χ3n) is 8.25. The van der Waals surface area contributed by atoms with Crippen molar-refractivity contribution in [2.24, 2.45) is 0 Å². The van der Waals surface area contributed by atoms with Crippen LogP contribution in [-0.4, -0.2) is 53.7 Å². The Kier molecular flexibility index (Phi) is 6.03. The summed E-state index contributed by atoms with van der Waals surface area (Å²) in [5.41, 5.74) is 3.44. The first kappa shape index (κ1) is 23.5. The van der Waals surface area contributed by atoms with Crippen molar-refractivity contribution in [3.63, 3.8) is 0 Å². The lowest BCUT2D eigenvalue weighted by Crippen LogP contribution is -2.56. The Hall–Kier alpha value is -3.93. The molecule has 1 saturated carbocycles. The predicted molar refractivity (Wildman–Crippen MR) is 143 cm³/mol. The Balaban J connectivity index is 1.24. The van der Waals surface area contributed by atoms with Gasteiger partial charge in [-0.25, -0.2) is 4.79 Å². The van der Waals surface area contributed by atoms with E-state index in [9.17, 15) is 14.4 Å². The van der Waals surface area contributed by atoms with Crippen molar-refractivity contribution in [2.45, 2.75) is 37.5 Å². The van der Waals surface area contributed by atoms with Gasteiger partial charge in [0.05, 0.1) is 16.8 Å². The first-order chi connectivity index (χ1) is 18.1. The highest BCUT2D eigenvalue weighted by Crippen LogP contribution is 2.43. The van der Waals surface area contributed by atoms with Gasteiger partial charge in [0.1, 0.15) is 0 Å². The number of hydrogen-bond donors (Lipinski definition) is 0. The van der Waals surface area contributed by atoms with Crippen LogP contribution in [-0.2, 0) is 16.6 Å². The van der Waals surface area contributed by atoms with Crippen LogP contribution in [0.3, 0.4) is 0 Å². The number of para-hydroxylation sites is 2. The van der Waals surface area contributed by atoms with Gasteiger partial charge in [0.2, 0.25) is 5.91 Å². The van der Waals surface area contributed by atoms with Crippen LogP contribution in [0.2, 0.25) is 0 Å². The van der Waals surface area contributed by atoms with Crippen molar-refractivity contribution in [3.8, 4) is 0 Å². The van der Waals surface area contributed by atoms with Gasteiger partial charge in [0.15, 0.2) is 5.78 Å². The van der Waals surface area contributed by atoms with Crippen molar-refractivity contribution in [1.82, 2.24) is 9.80 Å². The predicted octanol–water partition coefficient (Wildman–Crippen LogP) is 5.34. The fraction of sp³-hybridized carbons (Fsp3) is 0.323. The maximum Gasteiger partial charge on any atom is 0.329 e. The van der Waals surface area contributed by atoms with Gasteiger partial charge >= 0.3 is 6.03 Å². The van der Waals surface area contributed by atoms with Crippen LogP contribution in [0.15, 0.2) is 78.9 Å². The molecule has 6 heteroatoms. The highest BCUT2D eigenvalue weighted by molar-refractivity contribution is 6.12. The zero-order valence-corrected chi connectivity index (χ0v) is 20.9. The summed E-state index contributed by atoms with van der Waals surface area (Å²) in [6, 6.07) is 25.0. The average molecular weight is 494 g/mol. The van der Waals surface area contributed by atoms with E-state index in [1.165, 1.54) is 0 Å². The second kappa shape index (κ2) is 9.51. The first-order valence-electron chi connectivity index (χ1n) is 13.2. The Bertz CT molecular complexity index is 1340. The normalized spacial score (nSPS) is 18.7. The topological polar surface area (TPSA) is 60.9 Å². The van der Waals surface area contributed by atoms with E-state index in [1.807, 2.05) is 70.5 Å². The minimum Gasteiger partial charge on any atom is -0.338 e. The van der Waals surface area contributed by atoms with Crippen molar-refractivity contribution in [3.05, 3.63) is 95.6 Å². The number of rotatable bonds is 2. The number of anilines is 2. The van der Waals surface area contributed by atoms with Gasteiger partial charge in [0.25, 0.3) is 0 Å². The number of benzene rings is 3. The van der Waals surface area contributed by atoms with Gasteiger partial charge in [-0.15, -0.1) is 0 Å². The summed E-state index contributed by atoms with van der Waals surface area (Å²) in [6.07, 6.45) is 4.15. The largest absolute Gasteiger partial charge is 0.338 e. The van der Waals surface area contributed by atoms with Crippen LogP contribution >= 0.6 is 0 Å². The lowest BCUT2D eigenvalue weighted by Gasteiger charge is -2.41. The van der Waals surface area contributed by atoms with E-state index in [2.05, 4.69) is 12.1 Å². The summed E-state index contributed by atoms with van der Waals surface area (Å²) < 4.78 is 0. The molecule has 6 rings (SSSR count). The van der Waals surface area contributed by atoms with E-state index >= 15 is 0 Å². The van der Waals surface area contributed by atoms with Crippen LogP contribution in [0.1, 0.15) is 47.2 Å². The number of ketones is 1. The molecule has 2 fully saturated rings. The number of urea groups is 1. The Labute approximate surface area is 217 Å². The van der Waals surface area contributed by atoms with Crippen LogP contribution in [0.25, 0.3) is 0 Å². The number of Topliss-reactive ketones (excluding diaryl/α,β-unsaturated/α-hetero) is 1. The molecule has 0 aromatic heterocycles. The zero-order valence-electron chi connectivity index (χ0n) is 20.9. The number of nitrogens with zero attached hydrogens (tertiary/aromatic N) is 3. The zero-order chi connectivity index (χ0) is 25.4. The van der Waals surface area contributed by atoms with Gasteiger partial charge < -0.3 is 9.80 Å². The van der Waals surface area contributed by atoms with Gasteiger partial charge in [-0.2, -0.15) is 0 Å². The molecular formula is C31H31N3O3. The molecule has 0 radical (unpaired) electrons. The summed E-state index contributed by atoms with van der Waals surface area (Å²) in [5, 5.41) is 0. The molecule has 3 aromatic rings. The van der Waals surface area contributed by atoms with Crippen LogP contribution < -0.4 is 4.90 Å². The second-order valence-electron chi connectivity index (χ2n) is 10.3. The molecule has 188 valence electrons. The maximum absolute atomic E-state index is 14.0. The van der Waals surface area contributed by atoms with E-state index < -0.39 is 5.41 Å². The van der Waals surface area contributed by atoms with Crippen molar-refractivity contribution < 1.29 is 14.4 Å². The standard InChI is InChI=1S/C31H31N3O3/c35-28-22-23-10-4-6-14-26(23)34(27-15-7-5-13-25(27)28)30(37)33-20-18-32(19-21-33)29(36)31(16-8-9-17-31)24-11-2-1-3-12-24/h1-7,10-15H,8-9,16-22H2. The lowest BCUT2D eigenvalue weighted by atomic mass is 9.77. The molecule has 3 aromatic carbocycles. The molecule has 0 N–H and O–H groups in total. The molecule has 0 spiro atoms. The van der Waals surface area contributed by atoms with Gasteiger partial charge in [-0.3, -0.25) is 14.5 Å². The fourth-order valence-electron chi connectivity index (χ4n) is 6.29. The lowest BCUT2D eigenvalue weighted by molar-refractivity contribution is -0.138. The smallest absolute Gasteiger partial charge is 0.329 e. The van der Waals surface area contributed by atoms with E-state index in [4.69, 9.17) is 0 Å². The first-order valence-corrected chi connectivity index (χ1v) is 13.2. The third-order valence-corrected chi connectivity index (χ3v) is 8.25. The van der Waals surface area contributed by atoms with E-state index in [0.717, 1.165) is 42.5 Å². The quantitative estimate of drug-likeness (QED) is 0.484. The summed E-state index contributed by atoms with van der Waals surface area (Å²) in [5.74, 6) is 0.205. The summed E-state index contributed by atoms with van der Waals surface area (Å²) >= 11 is 0. The Morgan fingerprint density at radius 3 is 2.00 bits per heavy atom. The molecular weight excluding hydrogens is 462 g/mol. The number of fused-ring (bicyclic) bond motifs is 2. The number of carbonyl (C=O) groups is 3. The van der Waals surface area contributed by atoms with E-state index in [1.54, 1.807) is 11.0 Å². The van der Waals surface area contributed by atoms with Crippen LogP contribution in [0.5, 0.6) is 0 Å². The van der Waals surface area contributed by atoms with Gasteiger partial charge in [-0.1, -0.05) is 73.5 Å². The average Bonchev–Trinajstić information content (AvgIpc) is 3.41. The Morgan fingerprint density at radius 1 is 0.676 bits per heavy atom. The molecule has 0 unspecified atom stereocenters. The number of hydrogen-bond acceptors (Lipinski definition) is 3. The van der Waals surface area contributed by atoms with Crippen molar-refractivity contribution in [2.75, 3.05) is 31.1 Å². The maximum atomic E-state index is 14.0. The molecule has 2 aliphatic heterocycles. The van der Waals surface area contributed by atoms with E-state index in [-0.39, 0.29) is 24.1 Å². The van der Waals surface area contributed by atoms with Crippen LogP contribution in [0.4, 0.5) is 16.2 Å². The van der Waals surface area contributed by atoms with Gasteiger partial charge in [-0.05, 0) is 42.2 Å².